The molecule has 4 nitrogen and oxygen atoms in total. The normalized spacial score (nSPS) is 24.4. The Labute approximate surface area is 119 Å². The van der Waals surface area contributed by atoms with Crippen molar-refractivity contribution >= 4 is 5.91 Å². The molecule has 0 saturated carbocycles. The second-order valence-corrected chi connectivity index (χ2v) is 5.78. The van der Waals surface area contributed by atoms with Gasteiger partial charge in [-0.05, 0) is 42.9 Å². The zero-order valence-corrected chi connectivity index (χ0v) is 11.7. The van der Waals surface area contributed by atoms with Gasteiger partial charge in [-0.2, -0.15) is 0 Å². The van der Waals surface area contributed by atoms with Gasteiger partial charge in [-0.25, -0.2) is 0 Å². The lowest BCUT2D eigenvalue weighted by Gasteiger charge is -2.28. The number of carbonyl (C=O) groups is 1. The van der Waals surface area contributed by atoms with Crippen molar-refractivity contribution in [1.82, 2.24) is 5.32 Å². The highest BCUT2D eigenvalue weighted by molar-refractivity contribution is 5.96. The number of hydrogen-bond acceptors (Lipinski definition) is 3. The zero-order valence-electron chi connectivity index (χ0n) is 11.7. The van der Waals surface area contributed by atoms with E-state index in [4.69, 9.17) is 10.5 Å². The molecule has 2 aliphatic heterocycles. The van der Waals surface area contributed by atoms with Crippen molar-refractivity contribution in [2.24, 2.45) is 11.7 Å². The van der Waals surface area contributed by atoms with Crippen molar-refractivity contribution in [3.8, 4) is 0 Å². The summed E-state index contributed by atoms with van der Waals surface area (Å²) in [6, 6.07) is 6.09. The van der Waals surface area contributed by atoms with Gasteiger partial charge in [0.25, 0.3) is 5.91 Å². The minimum atomic E-state index is -0.0448. The van der Waals surface area contributed by atoms with E-state index in [-0.39, 0.29) is 11.9 Å². The molecule has 1 amide bonds. The number of nitrogens with one attached hydrogen (secondary N) is 1. The number of rotatable bonds is 2. The molecule has 0 aliphatic carbocycles. The van der Waals surface area contributed by atoms with E-state index in [1.807, 2.05) is 6.07 Å². The summed E-state index contributed by atoms with van der Waals surface area (Å²) in [5.74, 6) is 0.391. The van der Waals surface area contributed by atoms with Gasteiger partial charge in [0, 0.05) is 30.7 Å². The Morgan fingerprint density at radius 3 is 3.05 bits per heavy atom. The van der Waals surface area contributed by atoms with E-state index in [0.29, 0.717) is 5.92 Å². The van der Waals surface area contributed by atoms with Crippen LogP contribution in [0, 0.1) is 5.92 Å². The highest BCUT2D eigenvalue weighted by Gasteiger charge is 2.24. The summed E-state index contributed by atoms with van der Waals surface area (Å²) >= 11 is 0. The van der Waals surface area contributed by atoms with Crippen molar-refractivity contribution < 1.29 is 9.53 Å². The van der Waals surface area contributed by atoms with Crippen LogP contribution in [0.25, 0.3) is 0 Å². The number of ether oxygens (including phenoxy) is 1. The first-order valence-corrected chi connectivity index (χ1v) is 7.50. The molecule has 0 bridgehead atoms. The summed E-state index contributed by atoms with van der Waals surface area (Å²) < 4.78 is 5.52. The summed E-state index contributed by atoms with van der Waals surface area (Å²) in [7, 11) is 0. The summed E-state index contributed by atoms with van der Waals surface area (Å²) in [5.41, 5.74) is 9.36. The minimum absolute atomic E-state index is 0.0337. The van der Waals surface area contributed by atoms with Crippen molar-refractivity contribution in [2.75, 3.05) is 19.8 Å². The van der Waals surface area contributed by atoms with E-state index in [0.717, 1.165) is 62.1 Å². The topological polar surface area (TPSA) is 64.4 Å². The number of carbonyl (C=O) groups excluding carboxylic acids is 1. The maximum Gasteiger partial charge on any atom is 0.251 e. The molecule has 1 fully saturated rings. The van der Waals surface area contributed by atoms with Crippen LogP contribution in [0.15, 0.2) is 18.2 Å². The molecule has 4 heteroatoms. The van der Waals surface area contributed by atoms with E-state index in [1.54, 1.807) is 0 Å². The van der Waals surface area contributed by atoms with Gasteiger partial charge >= 0.3 is 0 Å². The maximum absolute atomic E-state index is 12.1. The lowest BCUT2D eigenvalue weighted by Crippen LogP contribution is -2.29. The Morgan fingerprint density at radius 2 is 2.25 bits per heavy atom. The Kier molecular flexibility index (Phi) is 4.03. The highest BCUT2D eigenvalue weighted by Crippen LogP contribution is 2.28. The van der Waals surface area contributed by atoms with E-state index in [1.165, 1.54) is 0 Å². The van der Waals surface area contributed by atoms with Gasteiger partial charge in [0.15, 0.2) is 0 Å². The fraction of sp³-hybridized carbons (Fsp3) is 0.562. The van der Waals surface area contributed by atoms with Crippen LogP contribution in [0.3, 0.4) is 0 Å². The van der Waals surface area contributed by atoms with Crippen molar-refractivity contribution in [2.45, 2.75) is 31.7 Å². The van der Waals surface area contributed by atoms with Gasteiger partial charge < -0.3 is 15.8 Å². The van der Waals surface area contributed by atoms with Crippen LogP contribution >= 0.6 is 0 Å². The highest BCUT2D eigenvalue weighted by atomic mass is 16.5. The van der Waals surface area contributed by atoms with Gasteiger partial charge in [0.1, 0.15) is 0 Å². The summed E-state index contributed by atoms with van der Waals surface area (Å²) in [4.78, 5) is 12.1. The molecule has 1 saturated heterocycles. The van der Waals surface area contributed by atoms with E-state index < -0.39 is 0 Å². The molecule has 0 radical (unpaired) electrons. The molecule has 20 heavy (non-hydrogen) atoms. The molecule has 3 rings (SSSR count). The third kappa shape index (κ3) is 2.72. The molecule has 2 heterocycles. The van der Waals surface area contributed by atoms with Crippen LogP contribution in [0.5, 0.6) is 0 Å². The van der Waals surface area contributed by atoms with Gasteiger partial charge in [0.05, 0.1) is 6.61 Å². The van der Waals surface area contributed by atoms with E-state index in [9.17, 15) is 4.79 Å². The van der Waals surface area contributed by atoms with Crippen molar-refractivity contribution in [1.29, 1.82) is 0 Å². The molecule has 3 N–H and O–H groups in total. The molecule has 108 valence electrons. The smallest absolute Gasteiger partial charge is 0.251 e. The van der Waals surface area contributed by atoms with Crippen LogP contribution in [0.1, 0.15) is 46.8 Å². The molecule has 1 aromatic carbocycles. The number of amides is 1. The fourth-order valence-corrected chi connectivity index (χ4v) is 3.13. The second kappa shape index (κ2) is 5.94. The molecule has 2 atom stereocenters. The predicted molar refractivity (Wildman–Crippen MR) is 77.6 cm³/mol. The third-order valence-corrected chi connectivity index (χ3v) is 4.38. The minimum Gasteiger partial charge on any atom is -0.381 e. The molecular formula is C16H22N2O2. The first-order valence-electron chi connectivity index (χ1n) is 7.50. The monoisotopic (exact) mass is 274 g/mol. The Hall–Kier alpha value is -1.39. The van der Waals surface area contributed by atoms with E-state index in [2.05, 4.69) is 17.4 Å². The van der Waals surface area contributed by atoms with Crippen LogP contribution in [0.4, 0.5) is 0 Å². The summed E-state index contributed by atoms with van der Waals surface area (Å²) in [6.45, 7) is 2.33. The lowest BCUT2D eigenvalue weighted by molar-refractivity contribution is 0.0447. The number of hydrogen-bond donors (Lipinski definition) is 2. The first kappa shape index (κ1) is 13.6. The van der Waals surface area contributed by atoms with Gasteiger partial charge in [-0.3, -0.25) is 4.79 Å². The number of fused-ring (bicyclic) bond motifs is 1. The van der Waals surface area contributed by atoms with Crippen molar-refractivity contribution in [3.05, 3.63) is 34.9 Å². The Balaban J connectivity index is 1.85. The van der Waals surface area contributed by atoms with E-state index >= 15 is 0 Å². The van der Waals surface area contributed by atoms with Gasteiger partial charge in [-0.15, -0.1) is 0 Å². The standard InChI is InChI=1S/C16H22N2O2/c17-15(13-4-2-8-20-10-13)12-6-5-11-3-1-7-18-16(19)14(11)9-12/h5-6,9,13,15H,1-4,7-8,10,17H2,(H,18,19). The Morgan fingerprint density at radius 1 is 1.35 bits per heavy atom. The second-order valence-electron chi connectivity index (χ2n) is 5.78. The summed E-state index contributed by atoms with van der Waals surface area (Å²) in [5, 5.41) is 2.94. The number of benzene rings is 1. The SMILES string of the molecule is NC(c1ccc2c(c1)C(=O)NCCC2)C1CCCOC1. The molecule has 2 unspecified atom stereocenters. The zero-order chi connectivity index (χ0) is 13.9. The van der Waals surface area contributed by atoms with Crippen molar-refractivity contribution in [3.63, 3.8) is 0 Å². The van der Waals surface area contributed by atoms with Crippen LogP contribution in [-0.4, -0.2) is 25.7 Å². The Bertz CT molecular complexity index is 495. The van der Waals surface area contributed by atoms with Gasteiger partial charge in [-0.1, -0.05) is 12.1 Å². The molecular weight excluding hydrogens is 252 g/mol. The quantitative estimate of drug-likeness (QED) is 0.864. The molecule has 1 aromatic rings. The van der Waals surface area contributed by atoms with Gasteiger partial charge in [0.2, 0.25) is 0 Å². The average molecular weight is 274 g/mol. The van der Waals surface area contributed by atoms with Crippen LogP contribution in [0.2, 0.25) is 0 Å². The molecule has 0 spiro atoms. The van der Waals surface area contributed by atoms with Crippen LogP contribution in [-0.2, 0) is 11.2 Å². The maximum atomic E-state index is 12.1. The number of nitrogens with two attached hydrogens (primary N) is 1. The predicted octanol–water partition coefficient (Wildman–Crippen LogP) is 1.79. The first-order chi connectivity index (χ1) is 9.75. The fourth-order valence-electron chi connectivity index (χ4n) is 3.13. The summed E-state index contributed by atoms with van der Waals surface area (Å²) in [6.07, 6.45) is 4.13. The third-order valence-electron chi connectivity index (χ3n) is 4.38. The van der Waals surface area contributed by atoms with Crippen LogP contribution < -0.4 is 11.1 Å². The lowest BCUT2D eigenvalue weighted by atomic mass is 9.87. The largest absolute Gasteiger partial charge is 0.381 e. The molecule has 0 aromatic heterocycles. The number of aryl methyl sites for hydroxylation is 1. The average Bonchev–Trinajstić information content (AvgIpc) is 2.69. The molecule has 2 aliphatic rings.